The number of rotatable bonds is 7. The van der Waals surface area contributed by atoms with Gasteiger partial charge in [0.25, 0.3) is 0 Å². The lowest BCUT2D eigenvalue weighted by Gasteiger charge is -2.18. The van der Waals surface area contributed by atoms with E-state index in [1.54, 1.807) is 0 Å². The summed E-state index contributed by atoms with van der Waals surface area (Å²) >= 11 is 0. The number of para-hydroxylation sites is 2. The van der Waals surface area contributed by atoms with Crippen molar-refractivity contribution in [3.8, 4) is 78.8 Å². The first kappa shape index (κ1) is 35.5. The van der Waals surface area contributed by atoms with Crippen LogP contribution in [0.3, 0.4) is 0 Å². The zero-order valence-corrected chi connectivity index (χ0v) is 33.4. The maximum absolute atomic E-state index is 6.38. The number of furan rings is 1. The maximum Gasteiger partial charge on any atom is 0.164 e. The van der Waals surface area contributed by atoms with Crippen molar-refractivity contribution in [3.05, 3.63) is 212 Å². The summed E-state index contributed by atoms with van der Waals surface area (Å²) < 4.78 is 8.50. The SMILES string of the molecule is c1ccc(-c2nc(-c3ccc(-c4cccc5c4oc4ccccc45)cc3)nc(-c3cccc(-c4c(-c5ccccc5)n5ncc(-c6ccccc6)c5c5ccccc45)c3)n2)cc1. The Bertz CT molecular complexity index is 3610. The molecule has 0 aliphatic heterocycles. The zero-order chi connectivity index (χ0) is 41.0. The van der Waals surface area contributed by atoms with Crippen molar-refractivity contribution in [3.63, 3.8) is 0 Å². The van der Waals surface area contributed by atoms with Crippen LogP contribution in [-0.4, -0.2) is 24.6 Å². The minimum Gasteiger partial charge on any atom is -0.455 e. The first-order valence-electron chi connectivity index (χ1n) is 20.7. The molecule has 0 aliphatic rings. The van der Waals surface area contributed by atoms with Gasteiger partial charge in [-0.25, -0.2) is 19.5 Å². The quantitative estimate of drug-likeness (QED) is 0.161. The molecule has 4 heterocycles. The molecule has 0 radical (unpaired) electrons. The number of hydrogen-bond donors (Lipinski definition) is 0. The fraction of sp³-hybridized carbons (Fsp3) is 0. The van der Waals surface area contributed by atoms with Gasteiger partial charge in [0.1, 0.15) is 11.2 Å². The van der Waals surface area contributed by atoms with Gasteiger partial charge in [-0.15, -0.1) is 0 Å². The lowest BCUT2D eigenvalue weighted by molar-refractivity contribution is 0.670. The van der Waals surface area contributed by atoms with Crippen LogP contribution in [0.5, 0.6) is 0 Å². The summed E-state index contributed by atoms with van der Waals surface area (Å²) in [5, 5.41) is 9.58. The fourth-order valence-corrected chi connectivity index (χ4v) is 8.84. The molecule has 0 aliphatic carbocycles. The van der Waals surface area contributed by atoms with Crippen LogP contribution in [0.1, 0.15) is 0 Å². The van der Waals surface area contributed by atoms with Crippen LogP contribution >= 0.6 is 0 Å². The molecule has 0 amide bonds. The summed E-state index contributed by atoms with van der Waals surface area (Å²) in [7, 11) is 0. The molecular formula is C56H35N5O. The molecule has 0 unspecified atom stereocenters. The fourth-order valence-electron chi connectivity index (χ4n) is 8.84. The van der Waals surface area contributed by atoms with Crippen molar-refractivity contribution < 1.29 is 4.42 Å². The van der Waals surface area contributed by atoms with Gasteiger partial charge in [-0.05, 0) is 34.2 Å². The van der Waals surface area contributed by atoms with E-state index in [2.05, 4.69) is 156 Å². The topological polar surface area (TPSA) is 69.1 Å². The van der Waals surface area contributed by atoms with Gasteiger partial charge in [-0.2, -0.15) is 5.10 Å². The zero-order valence-electron chi connectivity index (χ0n) is 33.4. The molecule has 12 rings (SSSR count). The second kappa shape index (κ2) is 14.7. The van der Waals surface area contributed by atoms with Gasteiger partial charge in [0.2, 0.25) is 0 Å². The van der Waals surface area contributed by atoms with Gasteiger partial charge in [0, 0.05) is 55.1 Å². The molecule has 290 valence electrons. The standard InChI is InChI=1S/C56H35N5O/c1-4-16-36(17-5-1)48-35-57-61-51(38-18-6-2-7-19-38)50(45-25-10-11-26-46(45)52(48)61)41-22-14-23-42(34-41)56-59-54(39-20-8-3-9-21-39)58-55(60-56)40-32-30-37(31-33-40)43-27-15-28-47-44-24-12-13-29-49(44)62-53(43)47/h1-35H. The van der Waals surface area contributed by atoms with E-state index in [9.17, 15) is 0 Å². The first-order valence-corrected chi connectivity index (χ1v) is 20.7. The minimum absolute atomic E-state index is 0.587. The van der Waals surface area contributed by atoms with Crippen molar-refractivity contribution in [1.29, 1.82) is 0 Å². The Balaban J connectivity index is 1.02. The molecule has 8 aromatic carbocycles. The molecule has 6 heteroatoms. The van der Waals surface area contributed by atoms with Gasteiger partial charge in [0.05, 0.1) is 17.4 Å². The number of aromatic nitrogens is 5. The molecule has 4 aromatic heterocycles. The van der Waals surface area contributed by atoms with Crippen LogP contribution in [0.15, 0.2) is 217 Å². The Labute approximate surface area is 357 Å². The number of fused-ring (bicyclic) bond motifs is 6. The van der Waals surface area contributed by atoms with Crippen LogP contribution in [0, 0.1) is 0 Å². The van der Waals surface area contributed by atoms with E-state index in [4.69, 9.17) is 24.5 Å². The molecule has 0 N–H and O–H groups in total. The Morgan fingerprint density at radius 3 is 1.58 bits per heavy atom. The highest BCUT2D eigenvalue weighted by Gasteiger charge is 2.22. The van der Waals surface area contributed by atoms with Gasteiger partial charge >= 0.3 is 0 Å². The van der Waals surface area contributed by atoms with Gasteiger partial charge in [0.15, 0.2) is 17.5 Å². The van der Waals surface area contributed by atoms with Crippen LogP contribution < -0.4 is 0 Å². The predicted molar refractivity (Wildman–Crippen MR) is 251 cm³/mol. The third kappa shape index (κ3) is 5.96. The van der Waals surface area contributed by atoms with Gasteiger partial charge in [-0.1, -0.05) is 194 Å². The number of benzene rings is 8. The van der Waals surface area contributed by atoms with Crippen molar-refractivity contribution in [2.24, 2.45) is 0 Å². The summed E-state index contributed by atoms with van der Waals surface area (Å²) in [4.78, 5) is 15.4. The molecule has 0 saturated heterocycles. The highest BCUT2D eigenvalue weighted by molar-refractivity contribution is 6.13. The van der Waals surface area contributed by atoms with Crippen LogP contribution in [0.4, 0.5) is 0 Å². The molecule has 0 fully saturated rings. The Hall–Kier alpha value is -8.48. The normalized spacial score (nSPS) is 11.5. The lowest BCUT2D eigenvalue weighted by Crippen LogP contribution is -2.01. The third-order valence-corrected chi connectivity index (χ3v) is 11.7. The van der Waals surface area contributed by atoms with Crippen molar-refractivity contribution in [2.45, 2.75) is 0 Å². The van der Waals surface area contributed by atoms with E-state index in [0.29, 0.717) is 17.5 Å². The molecule has 0 saturated carbocycles. The summed E-state index contributed by atoms with van der Waals surface area (Å²) in [6, 6.07) is 71.3. The second-order valence-electron chi connectivity index (χ2n) is 15.4. The number of nitrogens with zero attached hydrogens (tertiary/aromatic N) is 5. The molecule has 12 aromatic rings. The molecule has 0 spiro atoms. The van der Waals surface area contributed by atoms with Crippen molar-refractivity contribution in [2.75, 3.05) is 0 Å². The van der Waals surface area contributed by atoms with E-state index in [0.717, 1.165) is 99.6 Å². The smallest absolute Gasteiger partial charge is 0.164 e. The van der Waals surface area contributed by atoms with E-state index < -0.39 is 0 Å². The van der Waals surface area contributed by atoms with Gasteiger partial charge < -0.3 is 4.42 Å². The average Bonchev–Trinajstić information content (AvgIpc) is 3.97. The third-order valence-electron chi connectivity index (χ3n) is 11.7. The van der Waals surface area contributed by atoms with Crippen LogP contribution in [0.25, 0.3) is 117 Å². The summed E-state index contributed by atoms with van der Waals surface area (Å²) in [5.41, 5.74) is 14.0. The van der Waals surface area contributed by atoms with Crippen molar-refractivity contribution in [1.82, 2.24) is 24.6 Å². The summed E-state index contributed by atoms with van der Waals surface area (Å²) in [6.45, 7) is 0. The minimum atomic E-state index is 0.587. The lowest BCUT2D eigenvalue weighted by atomic mass is 9.91. The predicted octanol–water partition coefficient (Wildman–Crippen LogP) is 14.2. The van der Waals surface area contributed by atoms with Crippen molar-refractivity contribution >= 4 is 38.2 Å². The molecule has 62 heavy (non-hydrogen) atoms. The average molecular weight is 794 g/mol. The largest absolute Gasteiger partial charge is 0.455 e. The van der Waals surface area contributed by atoms with Gasteiger partial charge in [-0.3, -0.25) is 0 Å². The molecule has 0 bridgehead atoms. The van der Waals surface area contributed by atoms with Crippen LogP contribution in [-0.2, 0) is 0 Å². The van der Waals surface area contributed by atoms with E-state index in [-0.39, 0.29) is 0 Å². The number of hydrogen-bond acceptors (Lipinski definition) is 5. The number of pyridine rings is 1. The highest BCUT2D eigenvalue weighted by atomic mass is 16.3. The molecular weight excluding hydrogens is 759 g/mol. The van der Waals surface area contributed by atoms with E-state index in [1.165, 1.54) is 0 Å². The summed E-state index contributed by atoms with van der Waals surface area (Å²) in [6.07, 6.45) is 1.99. The van der Waals surface area contributed by atoms with Crippen LogP contribution in [0.2, 0.25) is 0 Å². The second-order valence-corrected chi connectivity index (χ2v) is 15.4. The molecule has 6 nitrogen and oxygen atoms in total. The Morgan fingerprint density at radius 1 is 0.355 bits per heavy atom. The Morgan fingerprint density at radius 2 is 0.855 bits per heavy atom. The van der Waals surface area contributed by atoms with E-state index in [1.807, 2.05) is 60.8 Å². The van der Waals surface area contributed by atoms with E-state index >= 15 is 0 Å². The maximum atomic E-state index is 6.38. The first-order chi connectivity index (χ1) is 30.7. The Kier molecular flexibility index (Phi) is 8.38. The summed E-state index contributed by atoms with van der Waals surface area (Å²) in [5.74, 6) is 1.78. The highest BCUT2D eigenvalue weighted by Crippen LogP contribution is 2.43. The molecule has 0 atom stereocenters. The monoisotopic (exact) mass is 793 g/mol.